The zero-order valence-corrected chi connectivity index (χ0v) is 12.3. The van der Waals surface area contributed by atoms with E-state index in [0.717, 1.165) is 16.6 Å². The normalized spacial score (nSPS) is 9.90. The van der Waals surface area contributed by atoms with Crippen LogP contribution in [0.25, 0.3) is 0 Å². The maximum absolute atomic E-state index is 11.1. The third kappa shape index (κ3) is 5.31. The van der Waals surface area contributed by atoms with Crippen LogP contribution in [-0.4, -0.2) is 19.2 Å². The summed E-state index contributed by atoms with van der Waals surface area (Å²) in [7, 11) is 0. The average Bonchev–Trinajstić information content (AvgIpc) is 2.92. The van der Waals surface area contributed by atoms with E-state index < -0.39 is 0 Å². The van der Waals surface area contributed by atoms with Crippen molar-refractivity contribution < 1.29 is 19.0 Å². The summed E-state index contributed by atoms with van der Waals surface area (Å²) in [4.78, 5) is 11.1. The lowest BCUT2D eigenvalue weighted by Gasteiger charge is -2.04. The van der Waals surface area contributed by atoms with E-state index >= 15 is 0 Å². The van der Waals surface area contributed by atoms with Crippen LogP contribution in [0.5, 0.6) is 16.6 Å². The van der Waals surface area contributed by atoms with Gasteiger partial charge < -0.3 is 14.2 Å². The van der Waals surface area contributed by atoms with Gasteiger partial charge in [0.05, 0.1) is 6.42 Å². The first kappa shape index (κ1) is 15.1. The smallest absolute Gasteiger partial charge is 0.309 e. The lowest BCUT2D eigenvalue weighted by Crippen LogP contribution is -2.10. The molecule has 110 valence electrons. The quantitative estimate of drug-likeness (QED) is 0.419. The molecule has 0 saturated carbocycles. The van der Waals surface area contributed by atoms with Crippen LogP contribution in [0.1, 0.15) is 6.42 Å². The summed E-state index contributed by atoms with van der Waals surface area (Å²) in [6, 6.07) is 11.3. The van der Waals surface area contributed by atoms with Gasteiger partial charge >= 0.3 is 5.97 Å². The molecule has 0 N–H and O–H groups in total. The van der Waals surface area contributed by atoms with Crippen molar-refractivity contribution >= 4 is 17.3 Å². The van der Waals surface area contributed by atoms with Crippen molar-refractivity contribution in [1.29, 1.82) is 0 Å². The molecule has 0 atom stereocenters. The van der Waals surface area contributed by atoms with Gasteiger partial charge in [-0.25, -0.2) is 0 Å². The Balaban J connectivity index is 1.73. The number of thiophene rings is 1. The van der Waals surface area contributed by atoms with E-state index in [1.165, 1.54) is 17.4 Å². The first-order valence-electron chi connectivity index (χ1n) is 6.48. The highest BCUT2D eigenvalue weighted by Gasteiger charge is 2.04. The van der Waals surface area contributed by atoms with Gasteiger partial charge in [-0.3, -0.25) is 4.79 Å². The molecule has 5 heteroatoms. The van der Waals surface area contributed by atoms with Crippen LogP contribution < -0.4 is 9.47 Å². The molecule has 4 nitrogen and oxygen atoms in total. The average molecular weight is 304 g/mol. The number of benzene rings is 1. The van der Waals surface area contributed by atoms with Crippen LogP contribution in [-0.2, 0) is 9.53 Å². The molecule has 0 fully saturated rings. The lowest BCUT2D eigenvalue weighted by molar-refractivity contribution is -0.143. The van der Waals surface area contributed by atoms with Gasteiger partial charge in [0.25, 0.3) is 0 Å². The molecule has 21 heavy (non-hydrogen) atoms. The summed E-state index contributed by atoms with van der Waals surface area (Å²) in [5.74, 6) is 1.21. The monoisotopic (exact) mass is 304 g/mol. The Kier molecular flexibility index (Phi) is 5.84. The molecular weight excluding hydrogens is 288 g/mol. The molecule has 2 rings (SSSR count). The van der Waals surface area contributed by atoms with Gasteiger partial charge in [0.1, 0.15) is 24.7 Å². The zero-order valence-electron chi connectivity index (χ0n) is 11.5. The second-order valence-electron chi connectivity index (χ2n) is 4.08. The van der Waals surface area contributed by atoms with Gasteiger partial charge in [-0.05, 0) is 12.1 Å². The Labute approximate surface area is 127 Å². The molecule has 0 unspecified atom stereocenters. The number of carbonyl (C=O) groups excluding carboxylic acids is 1. The minimum Gasteiger partial charge on any atom is -0.480 e. The maximum atomic E-state index is 11.1. The molecular formula is C16H16O4S. The summed E-state index contributed by atoms with van der Waals surface area (Å²) in [6.45, 7) is 4.00. The van der Waals surface area contributed by atoms with Crippen LogP contribution in [0.3, 0.4) is 0 Å². The number of ether oxygens (including phenoxy) is 3. The van der Waals surface area contributed by atoms with Gasteiger partial charge in [-0.2, -0.15) is 0 Å². The van der Waals surface area contributed by atoms with Gasteiger partial charge in [0.15, 0.2) is 5.06 Å². The second-order valence-corrected chi connectivity index (χ2v) is 4.95. The summed E-state index contributed by atoms with van der Waals surface area (Å²) in [6.07, 6.45) is 1.73. The molecule has 0 saturated heterocycles. The van der Waals surface area contributed by atoms with E-state index in [4.69, 9.17) is 14.2 Å². The largest absolute Gasteiger partial charge is 0.480 e. The molecule has 2 aromatic rings. The molecule has 0 aliphatic carbocycles. The highest BCUT2D eigenvalue weighted by molar-refractivity contribution is 7.12. The van der Waals surface area contributed by atoms with E-state index in [1.54, 1.807) is 0 Å². The Morgan fingerprint density at radius 3 is 2.76 bits per heavy atom. The second kappa shape index (κ2) is 8.11. The fourth-order valence-electron chi connectivity index (χ4n) is 1.53. The molecule has 0 aliphatic rings. The SMILES string of the molecule is C=CCC(=O)OCCOc1cc(Oc2ccccc2)cs1. The van der Waals surface area contributed by atoms with Crippen LogP contribution in [0.15, 0.2) is 54.4 Å². The number of hydrogen-bond acceptors (Lipinski definition) is 5. The summed E-state index contributed by atoms with van der Waals surface area (Å²) < 4.78 is 16.1. The van der Waals surface area contributed by atoms with Crippen LogP contribution in [0, 0.1) is 0 Å². The highest BCUT2D eigenvalue weighted by Crippen LogP contribution is 2.31. The topological polar surface area (TPSA) is 44.8 Å². The van der Waals surface area contributed by atoms with Crippen molar-refractivity contribution in [3.63, 3.8) is 0 Å². The molecule has 1 aromatic heterocycles. The molecule has 0 aliphatic heterocycles. The van der Waals surface area contributed by atoms with E-state index in [0.29, 0.717) is 6.61 Å². The van der Waals surface area contributed by atoms with Gasteiger partial charge in [0, 0.05) is 11.4 Å². The first-order chi connectivity index (χ1) is 10.3. The first-order valence-corrected chi connectivity index (χ1v) is 7.36. The van der Waals surface area contributed by atoms with Crippen molar-refractivity contribution in [2.75, 3.05) is 13.2 Å². The van der Waals surface area contributed by atoms with Gasteiger partial charge in [-0.1, -0.05) is 24.3 Å². The van der Waals surface area contributed by atoms with E-state index in [2.05, 4.69) is 6.58 Å². The van der Waals surface area contributed by atoms with E-state index in [-0.39, 0.29) is 19.0 Å². The van der Waals surface area contributed by atoms with E-state index in [9.17, 15) is 4.79 Å². The Morgan fingerprint density at radius 1 is 1.19 bits per heavy atom. The predicted molar refractivity (Wildman–Crippen MR) is 82.1 cm³/mol. The van der Waals surface area contributed by atoms with Crippen molar-refractivity contribution in [2.24, 2.45) is 0 Å². The molecule has 0 bridgehead atoms. The van der Waals surface area contributed by atoms with Gasteiger partial charge in [0.2, 0.25) is 0 Å². The van der Waals surface area contributed by atoms with Crippen LogP contribution in [0.2, 0.25) is 0 Å². The fourth-order valence-corrected chi connectivity index (χ4v) is 2.21. The summed E-state index contributed by atoms with van der Waals surface area (Å²) in [5.41, 5.74) is 0. The standard InChI is InChI=1S/C16H16O4S/c1-2-6-15(17)18-9-10-19-16-11-14(12-21-16)20-13-7-4-3-5-8-13/h2-5,7-8,11-12H,1,6,9-10H2. The minimum atomic E-state index is -0.298. The molecule has 0 radical (unpaired) electrons. The van der Waals surface area contributed by atoms with Gasteiger partial charge in [-0.15, -0.1) is 17.9 Å². The molecule has 0 spiro atoms. The lowest BCUT2D eigenvalue weighted by atomic mass is 10.3. The summed E-state index contributed by atoms with van der Waals surface area (Å²) in [5, 5.41) is 2.59. The van der Waals surface area contributed by atoms with Crippen LogP contribution >= 0.6 is 11.3 Å². The number of para-hydroxylation sites is 1. The molecule has 0 amide bonds. The number of hydrogen-bond donors (Lipinski definition) is 0. The predicted octanol–water partition coefficient (Wildman–Crippen LogP) is 4.04. The maximum Gasteiger partial charge on any atom is 0.309 e. The number of rotatable bonds is 8. The Bertz CT molecular complexity index is 577. The highest BCUT2D eigenvalue weighted by atomic mass is 32.1. The molecule has 1 aromatic carbocycles. The third-order valence-corrected chi connectivity index (χ3v) is 3.25. The number of carbonyl (C=O) groups is 1. The van der Waals surface area contributed by atoms with Crippen molar-refractivity contribution in [3.05, 3.63) is 54.4 Å². The fraction of sp³-hybridized carbons (Fsp3) is 0.188. The van der Waals surface area contributed by atoms with E-state index in [1.807, 2.05) is 41.8 Å². The van der Waals surface area contributed by atoms with Crippen LogP contribution in [0.4, 0.5) is 0 Å². The summed E-state index contributed by atoms with van der Waals surface area (Å²) >= 11 is 1.43. The Hall–Kier alpha value is -2.27. The Morgan fingerprint density at radius 2 is 2.00 bits per heavy atom. The third-order valence-electron chi connectivity index (χ3n) is 2.43. The number of esters is 1. The van der Waals surface area contributed by atoms with Crippen molar-refractivity contribution in [1.82, 2.24) is 0 Å². The van der Waals surface area contributed by atoms with Crippen molar-refractivity contribution in [3.8, 4) is 16.6 Å². The molecule has 1 heterocycles. The zero-order chi connectivity index (χ0) is 14.9. The minimum absolute atomic E-state index is 0.216. The van der Waals surface area contributed by atoms with Crippen molar-refractivity contribution in [2.45, 2.75) is 6.42 Å².